The van der Waals surface area contributed by atoms with Gasteiger partial charge in [-0.05, 0) is 37.0 Å². The number of nitrogens with zero attached hydrogens (tertiary/aromatic N) is 2. The van der Waals surface area contributed by atoms with Crippen molar-refractivity contribution in [2.24, 2.45) is 0 Å². The molecule has 1 N–H and O–H groups in total. The lowest BCUT2D eigenvalue weighted by Crippen LogP contribution is -2.02. The van der Waals surface area contributed by atoms with Gasteiger partial charge in [0.05, 0.1) is 5.69 Å². The number of hydrogen-bond donors (Lipinski definition) is 1. The minimum absolute atomic E-state index is 0.780. The monoisotopic (exact) mass is 225 g/mol. The molecule has 2 aromatic heterocycles. The van der Waals surface area contributed by atoms with E-state index in [1.807, 2.05) is 12.3 Å². The summed E-state index contributed by atoms with van der Waals surface area (Å²) in [5, 5.41) is 7.61. The van der Waals surface area contributed by atoms with E-state index in [1.165, 1.54) is 11.1 Å². The Morgan fingerprint density at radius 1 is 1.35 bits per heavy atom. The van der Waals surface area contributed by atoms with E-state index in [4.69, 9.17) is 5.41 Å². The summed E-state index contributed by atoms with van der Waals surface area (Å²) in [5.74, 6) is 0. The van der Waals surface area contributed by atoms with Gasteiger partial charge in [-0.25, -0.2) is 4.98 Å². The number of allylic oxidation sites excluding steroid dienone is 2. The van der Waals surface area contributed by atoms with Crippen LogP contribution in [0, 0.1) is 12.3 Å². The summed E-state index contributed by atoms with van der Waals surface area (Å²) in [7, 11) is 0. The van der Waals surface area contributed by atoms with Crippen LogP contribution in [0.2, 0.25) is 0 Å². The summed E-state index contributed by atoms with van der Waals surface area (Å²) in [6.07, 6.45) is 8.86. The minimum Gasteiger partial charge on any atom is -0.309 e. The molecule has 0 amide bonds. The largest absolute Gasteiger partial charge is 0.309 e. The molecule has 2 heterocycles. The van der Waals surface area contributed by atoms with Crippen molar-refractivity contribution in [1.29, 1.82) is 5.41 Å². The van der Waals surface area contributed by atoms with Crippen LogP contribution < -0.4 is 0 Å². The zero-order valence-electron chi connectivity index (χ0n) is 9.90. The standard InChI is InChI=1S/C14H15N3/c1-10-3-2-8-17-9-13(16-14(10)17)11-4-6-12(15)7-5-11/h2-4,8-9,15H,5-7H2,1H3. The van der Waals surface area contributed by atoms with Crippen LogP contribution in [-0.2, 0) is 0 Å². The van der Waals surface area contributed by atoms with Crippen molar-refractivity contribution < 1.29 is 0 Å². The first kappa shape index (κ1) is 10.3. The van der Waals surface area contributed by atoms with E-state index in [-0.39, 0.29) is 0 Å². The third-order valence-electron chi connectivity index (χ3n) is 3.30. The molecule has 0 unspecified atom stereocenters. The van der Waals surface area contributed by atoms with E-state index in [1.54, 1.807) is 0 Å². The summed E-state index contributed by atoms with van der Waals surface area (Å²) >= 11 is 0. The number of aromatic nitrogens is 2. The molecular weight excluding hydrogens is 210 g/mol. The Labute approximate surface area is 100 Å². The van der Waals surface area contributed by atoms with Gasteiger partial charge in [-0.3, -0.25) is 0 Å². The fourth-order valence-electron chi connectivity index (χ4n) is 2.28. The highest BCUT2D eigenvalue weighted by Gasteiger charge is 2.12. The van der Waals surface area contributed by atoms with Crippen molar-refractivity contribution in [2.75, 3.05) is 0 Å². The predicted octanol–water partition coefficient (Wildman–Crippen LogP) is 3.23. The van der Waals surface area contributed by atoms with E-state index in [9.17, 15) is 0 Å². The van der Waals surface area contributed by atoms with Crippen LogP contribution in [0.3, 0.4) is 0 Å². The molecule has 0 bridgehead atoms. The van der Waals surface area contributed by atoms with Crippen LogP contribution >= 0.6 is 0 Å². The summed E-state index contributed by atoms with van der Waals surface area (Å²) in [5.41, 5.74) is 5.40. The molecule has 3 nitrogen and oxygen atoms in total. The normalized spacial score (nSPS) is 16.3. The van der Waals surface area contributed by atoms with Crippen LogP contribution in [0.25, 0.3) is 11.2 Å². The van der Waals surface area contributed by atoms with Crippen LogP contribution in [0.4, 0.5) is 0 Å². The molecule has 0 spiro atoms. The highest BCUT2D eigenvalue weighted by Crippen LogP contribution is 2.25. The van der Waals surface area contributed by atoms with Crippen LogP contribution in [0.5, 0.6) is 0 Å². The van der Waals surface area contributed by atoms with Gasteiger partial charge in [0.1, 0.15) is 5.65 Å². The van der Waals surface area contributed by atoms with Gasteiger partial charge in [-0.2, -0.15) is 0 Å². The number of imidazole rings is 1. The molecule has 0 fully saturated rings. The fourth-order valence-corrected chi connectivity index (χ4v) is 2.28. The molecule has 1 aliphatic rings. The third-order valence-corrected chi connectivity index (χ3v) is 3.30. The molecule has 1 aliphatic carbocycles. The molecular formula is C14H15N3. The first-order valence-electron chi connectivity index (χ1n) is 5.94. The van der Waals surface area contributed by atoms with Gasteiger partial charge < -0.3 is 9.81 Å². The SMILES string of the molecule is Cc1cccn2cc(C3=CCC(=N)CC3)nc12. The first-order valence-corrected chi connectivity index (χ1v) is 5.94. The molecule has 0 aliphatic heterocycles. The molecule has 3 rings (SSSR count). The number of rotatable bonds is 1. The second-order valence-electron chi connectivity index (χ2n) is 4.59. The van der Waals surface area contributed by atoms with Crippen molar-refractivity contribution in [3.63, 3.8) is 0 Å². The smallest absolute Gasteiger partial charge is 0.140 e. The molecule has 3 heteroatoms. The van der Waals surface area contributed by atoms with E-state index < -0.39 is 0 Å². The number of hydrogen-bond acceptors (Lipinski definition) is 2. The molecule has 0 saturated carbocycles. The highest BCUT2D eigenvalue weighted by atomic mass is 15.0. The number of aryl methyl sites for hydroxylation is 1. The average Bonchev–Trinajstić information content (AvgIpc) is 2.75. The van der Waals surface area contributed by atoms with Crippen molar-refractivity contribution >= 4 is 16.9 Å². The maximum absolute atomic E-state index is 7.61. The number of nitrogens with one attached hydrogen (secondary N) is 1. The minimum atomic E-state index is 0.780. The molecule has 0 aromatic carbocycles. The summed E-state index contributed by atoms with van der Waals surface area (Å²) in [4.78, 5) is 4.69. The topological polar surface area (TPSA) is 41.2 Å². The molecule has 17 heavy (non-hydrogen) atoms. The fraction of sp³-hybridized carbons (Fsp3) is 0.286. The van der Waals surface area contributed by atoms with E-state index in [0.29, 0.717) is 0 Å². The summed E-state index contributed by atoms with van der Waals surface area (Å²) < 4.78 is 2.07. The lowest BCUT2D eigenvalue weighted by molar-refractivity contribution is 1.02. The molecule has 0 atom stereocenters. The zero-order valence-corrected chi connectivity index (χ0v) is 9.90. The second-order valence-corrected chi connectivity index (χ2v) is 4.59. The van der Waals surface area contributed by atoms with Crippen molar-refractivity contribution in [3.05, 3.63) is 41.9 Å². The molecule has 86 valence electrons. The lowest BCUT2D eigenvalue weighted by Gasteiger charge is -2.10. The van der Waals surface area contributed by atoms with E-state index in [0.717, 1.165) is 36.3 Å². The first-order chi connectivity index (χ1) is 8.24. The Hall–Kier alpha value is -1.90. The molecule has 0 saturated heterocycles. The zero-order chi connectivity index (χ0) is 11.8. The van der Waals surface area contributed by atoms with Crippen molar-refractivity contribution in [3.8, 4) is 0 Å². The van der Waals surface area contributed by atoms with Gasteiger partial charge in [0.15, 0.2) is 0 Å². The Morgan fingerprint density at radius 2 is 2.24 bits per heavy atom. The van der Waals surface area contributed by atoms with Crippen LogP contribution in [0.15, 0.2) is 30.6 Å². The molecule has 0 radical (unpaired) electrons. The van der Waals surface area contributed by atoms with Gasteiger partial charge in [0, 0.05) is 24.5 Å². The van der Waals surface area contributed by atoms with Crippen molar-refractivity contribution in [2.45, 2.75) is 26.2 Å². The maximum atomic E-state index is 7.61. The Balaban J connectivity index is 2.07. The van der Waals surface area contributed by atoms with E-state index >= 15 is 0 Å². The van der Waals surface area contributed by atoms with Crippen LogP contribution in [-0.4, -0.2) is 15.1 Å². The maximum Gasteiger partial charge on any atom is 0.140 e. The highest BCUT2D eigenvalue weighted by molar-refractivity contribution is 5.88. The van der Waals surface area contributed by atoms with E-state index in [2.05, 4.69) is 34.6 Å². The Bertz CT molecular complexity index is 619. The Morgan fingerprint density at radius 3 is 2.94 bits per heavy atom. The predicted molar refractivity (Wildman–Crippen MR) is 69.5 cm³/mol. The van der Waals surface area contributed by atoms with Gasteiger partial charge in [0.2, 0.25) is 0 Å². The Kier molecular flexibility index (Phi) is 2.32. The summed E-state index contributed by atoms with van der Waals surface area (Å²) in [6, 6.07) is 4.12. The molecule has 2 aromatic rings. The number of pyridine rings is 1. The quantitative estimate of drug-likeness (QED) is 0.795. The number of fused-ring (bicyclic) bond motifs is 1. The summed E-state index contributed by atoms with van der Waals surface area (Å²) in [6.45, 7) is 2.08. The third kappa shape index (κ3) is 1.78. The second kappa shape index (κ2) is 3.84. The van der Waals surface area contributed by atoms with Crippen LogP contribution in [0.1, 0.15) is 30.5 Å². The van der Waals surface area contributed by atoms with Gasteiger partial charge in [0.25, 0.3) is 0 Å². The van der Waals surface area contributed by atoms with Crippen molar-refractivity contribution in [1.82, 2.24) is 9.38 Å². The average molecular weight is 225 g/mol. The lowest BCUT2D eigenvalue weighted by atomic mass is 9.96. The van der Waals surface area contributed by atoms with Gasteiger partial charge >= 0.3 is 0 Å². The van der Waals surface area contributed by atoms with Gasteiger partial charge in [-0.15, -0.1) is 0 Å². The van der Waals surface area contributed by atoms with Gasteiger partial charge in [-0.1, -0.05) is 12.1 Å².